The number of hydrogen-bond acceptors (Lipinski definition) is 1. The van der Waals surface area contributed by atoms with Gasteiger partial charge in [-0.25, -0.2) is 4.79 Å². The highest BCUT2D eigenvalue weighted by Crippen LogP contribution is 2.37. The van der Waals surface area contributed by atoms with Gasteiger partial charge in [-0.2, -0.15) is 18.0 Å². The molecule has 0 saturated carbocycles. The summed E-state index contributed by atoms with van der Waals surface area (Å²) < 4.78 is 38.3. The van der Waals surface area contributed by atoms with E-state index in [-0.39, 0.29) is 23.4 Å². The minimum absolute atomic E-state index is 0.0144. The summed E-state index contributed by atoms with van der Waals surface area (Å²) in [5.41, 5.74) is 8.24. The van der Waals surface area contributed by atoms with Crippen molar-refractivity contribution in [2.45, 2.75) is 32.0 Å². The first-order chi connectivity index (χ1) is 9.79. The van der Waals surface area contributed by atoms with Gasteiger partial charge in [0.2, 0.25) is 0 Å². The van der Waals surface area contributed by atoms with Crippen molar-refractivity contribution < 1.29 is 27.9 Å². The highest BCUT2D eigenvalue weighted by molar-refractivity contribution is 6.08. The topological polar surface area (TPSA) is 76.9 Å². The van der Waals surface area contributed by atoms with Crippen LogP contribution in [0.3, 0.4) is 0 Å². The molecule has 112 valence electrons. The summed E-state index contributed by atoms with van der Waals surface area (Å²) >= 11 is 0. The molecular weight excluding hydrogens is 287 g/mol. The van der Waals surface area contributed by atoms with Crippen LogP contribution in [0.2, 0.25) is 0 Å². The maximum absolute atomic E-state index is 12.8. The Bertz CT molecular complexity index is 636. The van der Waals surface area contributed by atoms with Crippen molar-refractivity contribution >= 4 is 17.5 Å². The van der Waals surface area contributed by atoms with E-state index in [0.29, 0.717) is 6.42 Å². The lowest BCUT2D eigenvalue weighted by atomic mass is 9.91. The molecule has 1 amide bonds. The van der Waals surface area contributed by atoms with Crippen molar-refractivity contribution in [3.05, 3.63) is 34.9 Å². The van der Waals surface area contributed by atoms with Gasteiger partial charge in [0.25, 0.3) is 0 Å². The van der Waals surface area contributed by atoms with Gasteiger partial charge in [-0.15, -0.1) is 0 Å². The van der Waals surface area contributed by atoms with E-state index in [1.807, 2.05) is 0 Å². The molecule has 5 nitrogen and oxygen atoms in total. The molecule has 1 heterocycles. The minimum Gasteiger partial charge on any atom is -0.465 e. The first kappa shape index (κ1) is 15.1. The molecule has 21 heavy (non-hydrogen) atoms. The Kier molecular flexibility index (Phi) is 3.74. The van der Waals surface area contributed by atoms with Gasteiger partial charge < -0.3 is 10.6 Å². The van der Waals surface area contributed by atoms with Crippen LogP contribution in [0.4, 0.5) is 23.7 Å². The number of amides is 1. The summed E-state index contributed by atoms with van der Waals surface area (Å²) in [6.45, 7) is 1.75. The van der Waals surface area contributed by atoms with Crippen LogP contribution in [0.1, 0.15) is 30.9 Å². The van der Waals surface area contributed by atoms with Crippen LogP contribution in [0, 0.1) is 0 Å². The summed E-state index contributed by atoms with van der Waals surface area (Å²) in [4.78, 5) is 15.4. The molecule has 0 radical (unpaired) electrons. The van der Waals surface area contributed by atoms with Gasteiger partial charge in [-0.1, -0.05) is 6.92 Å². The van der Waals surface area contributed by atoms with Crippen LogP contribution in [-0.4, -0.2) is 27.7 Å². The highest BCUT2D eigenvalue weighted by atomic mass is 19.4. The van der Waals surface area contributed by atoms with E-state index in [1.54, 1.807) is 6.92 Å². The Morgan fingerprint density at radius 1 is 1.52 bits per heavy atom. The second-order valence-corrected chi connectivity index (χ2v) is 4.70. The molecule has 1 aliphatic rings. The lowest BCUT2D eigenvalue weighted by Gasteiger charge is -2.32. The third-order valence-corrected chi connectivity index (χ3v) is 3.49. The molecule has 0 fully saturated rings. The normalized spacial score (nSPS) is 18.2. The number of anilines is 1. The zero-order valence-electron chi connectivity index (χ0n) is 11.1. The van der Waals surface area contributed by atoms with Gasteiger partial charge in [-0.05, 0) is 24.6 Å². The van der Waals surface area contributed by atoms with Crippen LogP contribution in [0.25, 0.3) is 5.53 Å². The third kappa shape index (κ3) is 2.62. The Morgan fingerprint density at radius 3 is 2.67 bits per heavy atom. The molecule has 1 unspecified atom stereocenters. The van der Waals surface area contributed by atoms with Crippen LogP contribution in [0.5, 0.6) is 0 Å². The van der Waals surface area contributed by atoms with Crippen LogP contribution >= 0.6 is 0 Å². The Hall–Kier alpha value is -2.34. The van der Waals surface area contributed by atoms with E-state index in [0.717, 1.165) is 23.1 Å². The van der Waals surface area contributed by atoms with Crippen molar-refractivity contribution in [3.8, 4) is 0 Å². The number of fused-ring (bicyclic) bond motifs is 1. The number of nitrogens with zero attached hydrogens (tertiary/aromatic N) is 3. The van der Waals surface area contributed by atoms with E-state index in [9.17, 15) is 23.1 Å². The van der Waals surface area contributed by atoms with Gasteiger partial charge in [-0.3, -0.25) is 4.90 Å². The molecule has 0 aromatic heterocycles. The predicted molar refractivity (Wildman–Crippen MR) is 68.4 cm³/mol. The molecule has 1 N–H and O–H groups in total. The lowest BCUT2D eigenvalue weighted by molar-refractivity contribution is -0.137. The van der Waals surface area contributed by atoms with Crippen molar-refractivity contribution in [2.24, 2.45) is 0 Å². The van der Waals surface area contributed by atoms with Gasteiger partial charge in [0.1, 0.15) is 0 Å². The average molecular weight is 299 g/mol. The van der Waals surface area contributed by atoms with Crippen LogP contribution in [0.15, 0.2) is 18.2 Å². The number of carbonyl (C=O) groups is 1. The number of benzene rings is 1. The predicted octanol–water partition coefficient (Wildman–Crippen LogP) is 3.39. The number of halogens is 3. The first-order valence-corrected chi connectivity index (χ1v) is 6.24. The number of rotatable bonds is 1. The minimum atomic E-state index is -4.55. The fourth-order valence-electron chi connectivity index (χ4n) is 2.46. The highest BCUT2D eigenvalue weighted by Gasteiger charge is 2.39. The quantitative estimate of drug-likeness (QED) is 0.637. The Labute approximate surface area is 118 Å². The van der Waals surface area contributed by atoms with Gasteiger partial charge in [0, 0.05) is 0 Å². The van der Waals surface area contributed by atoms with Crippen molar-refractivity contribution in [3.63, 3.8) is 0 Å². The van der Waals surface area contributed by atoms with E-state index in [4.69, 9.17) is 5.53 Å². The summed E-state index contributed by atoms with van der Waals surface area (Å²) in [6.07, 6.45) is -5.29. The molecule has 1 aromatic carbocycles. The number of alkyl halides is 3. The number of hydrogen-bond donors (Lipinski definition) is 1. The smallest absolute Gasteiger partial charge is 0.416 e. The van der Waals surface area contributed by atoms with Gasteiger partial charge in [0.05, 0.1) is 29.3 Å². The van der Waals surface area contributed by atoms with Crippen LogP contribution < -0.4 is 4.90 Å². The van der Waals surface area contributed by atoms with Crippen molar-refractivity contribution in [1.29, 1.82) is 0 Å². The monoisotopic (exact) mass is 299 g/mol. The largest absolute Gasteiger partial charge is 0.465 e. The van der Waals surface area contributed by atoms with E-state index in [2.05, 4.69) is 4.79 Å². The van der Waals surface area contributed by atoms with Crippen molar-refractivity contribution in [1.82, 2.24) is 0 Å². The molecule has 0 aliphatic carbocycles. The molecule has 0 saturated heterocycles. The summed E-state index contributed by atoms with van der Waals surface area (Å²) in [6, 6.07) is 2.26. The Morgan fingerprint density at radius 2 is 2.19 bits per heavy atom. The maximum Gasteiger partial charge on any atom is 0.416 e. The molecule has 2 rings (SSSR count). The molecule has 0 bridgehead atoms. The number of carboxylic acid groups (broad SMARTS) is 1. The zero-order chi connectivity index (χ0) is 15.8. The van der Waals surface area contributed by atoms with Crippen LogP contribution in [-0.2, 0) is 6.18 Å². The van der Waals surface area contributed by atoms with Crippen molar-refractivity contribution in [2.75, 3.05) is 4.90 Å². The summed E-state index contributed by atoms with van der Waals surface area (Å²) in [7, 11) is 0. The van der Waals surface area contributed by atoms with Gasteiger partial charge >= 0.3 is 18.0 Å². The first-order valence-electron chi connectivity index (χ1n) is 6.24. The molecule has 8 heteroatoms. The average Bonchev–Trinajstić information content (AvgIpc) is 2.43. The summed E-state index contributed by atoms with van der Waals surface area (Å²) in [5, 5.41) is 9.28. The lowest BCUT2D eigenvalue weighted by Crippen LogP contribution is -2.45. The van der Waals surface area contributed by atoms with Gasteiger partial charge in [0.15, 0.2) is 0 Å². The SMILES string of the molecule is CCC1CC(=[N+]=[N-])c2cc(C(F)(F)F)ccc2N1C(=O)O. The molecule has 0 spiro atoms. The second kappa shape index (κ2) is 5.21. The van der Waals surface area contributed by atoms with E-state index >= 15 is 0 Å². The fraction of sp³-hybridized carbons (Fsp3) is 0.385. The van der Waals surface area contributed by atoms with E-state index in [1.165, 1.54) is 0 Å². The Balaban J connectivity index is 2.65. The molecule has 1 atom stereocenters. The molecular formula is C13H12F3N3O2. The fourth-order valence-corrected chi connectivity index (χ4v) is 2.46. The standard InChI is InChI=1S/C13H12F3N3O2/c1-2-8-6-10(18-17)9-5-7(13(14,15)16)3-4-11(9)19(8)12(20)21/h3-5,8H,2,6H2,1H3,(H,20,21). The third-order valence-electron chi connectivity index (χ3n) is 3.49. The second-order valence-electron chi connectivity index (χ2n) is 4.70. The van der Waals surface area contributed by atoms with E-state index < -0.39 is 23.9 Å². The zero-order valence-corrected chi connectivity index (χ0v) is 11.1. The summed E-state index contributed by atoms with van der Waals surface area (Å²) in [5.74, 6) is 0. The maximum atomic E-state index is 12.8. The molecule has 1 aliphatic heterocycles. The molecule has 1 aromatic rings.